The molecule has 0 unspecified atom stereocenters. The van der Waals surface area contributed by atoms with Gasteiger partial charge < -0.3 is 9.73 Å². The Labute approximate surface area is 153 Å². The van der Waals surface area contributed by atoms with Crippen LogP contribution in [0.2, 0.25) is 0 Å². The standard InChI is InChI=1S/C21H23N3O2/c25-21(22-14-16-6-2-1-3-7-16)17-10-12-24(13-11-17)15-20-23-18-8-4-5-9-19(18)26-20/h1-9,17H,10-15H2,(H,22,25). The summed E-state index contributed by atoms with van der Waals surface area (Å²) in [7, 11) is 0. The Hall–Kier alpha value is -2.66. The fraction of sp³-hybridized carbons (Fsp3) is 0.333. The molecule has 4 rings (SSSR count). The van der Waals surface area contributed by atoms with Crippen molar-refractivity contribution in [2.45, 2.75) is 25.9 Å². The molecule has 5 nitrogen and oxygen atoms in total. The summed E-state index contributed by atoms with van der Waals surface area (Å²) in [6.07, 6.45) is 1.75. The van der Waals surface area contributed by atoms with Crippen LogP contribution in [0.5, 0.6) is 0 Å². The summed E-state index contributed by atoms with van der Waals surface area (Å²) in [6.45, 7) is 3.08. The molecule has 0 radical (unpaired) electrons. The van der Waals surface area contributed by atoms with Gasteiger partial charge in [-0.15, -0.1) is 0 Å². The maximum Gasteiger partial charge on any atom is 0.223 e. The van der Waals surface area contributed by atoms with E-state index in [2.05, 4.69) is 15.2 Å². The number of nitrogens with zero attached hydrogens (tertiary/aromatic N) is 2. The van der Waals surface area contributed by atoms with Gasteiger partial charge in [-0.3, -0.25) is 9.69 Å². The van der Waals surface area contributed by atoms with Crippen LogP contribution in [0.4, 0.5) is 0 Å². The van der Waals surface area contributed by atoms with E-state index in [4.69, 9.17) is 4.42 Å². The van der Waals surface area contributed by atoms with Gasteiger partial charge in [0.2, 0.25) is 11.8 Å². The van der Waals surface area contributed by atoms with Crippen molar-refractivity contribution >= 4 is 17.0 Å². The zero-order chi connectivity index (χ0) is 17.8. The van der Waals surface area contributed by atoms with Crippen LogP contribution in [-0.4, -0.2) is 28.9 Å². The van der Waals surface area contributed by atoms with E-state index in [1.807, 2.05) is 54.6 Å². The van der Waals surface area contributed by atoms with Crippen molar-refractivity contribution in [3.05, 3.63) is 66.1 Å². The van der Waals surface area contributed by atoms with Crippen molar-refractivity contribution in [1.29, 1.82) is 0 Å². The van der Waals surface area contributed by atoms with Crippen molar-refractivity contribution in [1.82, 2.24) is 15.2 Å². The van der Waals surface area contributed by atoms with Gasteiger partial charge in [-0.25, -0.2) is 4.98 Å². The average Bonchev–Trinajstić information content (AvgIpc) is 3.10. The summed E-state index contributed by atoms with van der Waals surface area (Å²) in [4.78, 5) is 19.2. The number of benzene rings is 2. The summed E-state index contributed by atoms with van der Waals surface area (Å²) >= 11 is 0. The molecule has 134 valence electrons. The topological polar surface area (TPSA) is 58.4 Å². The molecule has 1 amide bonds. The van der Waals surface area contributed by atoms with E-state index in [-0.39, 0.29) is 11.8 Å². The first-order valence-electron chi connectivity index (χ1n) is 9.16. The fourth-order valence-corrected chi connectivity index (χ4v) is 3.46. The molecule has 0 saturated carbocycles. The third kappa shape index (κ3) is 3.94. The van der Waals surface area contributed by atoms with Gasteiger partial charge in [0.05, 0.1) is 6.54 Å². The molecule has 0 bridgehead atoms. The van der Waals surface area contributed by atoms with Crippen LogP contribution < -0.4 is 5.32 Å². The highest BCUT2D eigenvalue weighted by Crippen LogP contribution is 2.21. The van der Waals surface area contributed by atoms with Crippen molar-refractivity contribution in [3.63, 3.8) is 0 Å². The van der Waals surface area contributed by atoms with E-state index in [0.717, 1.165) is 48.5 Å². The first-order chi connectivity index (χ1) is 12.8. The van der Waals surface area contributed by atoms with Crippen LogP contribution >= 0.6 is 0 Å². The smallest absolute Gasteiger partial charge is 0.223 e. The number of rotatable bonds is 5. The maximum atomic E-state index is 12.4. The Morgan fingerprint density at radius 1 is 1.08 bits per heavy atom. The highest BCUT2D eigenvalue weighted by molar-refractivity contribution is 5.78. The molecule has 3 aromatic rings. The molecular formula is C21H23N3O2. The number of hydrogen-bond donors (Lipinski definition) is 1. The summed E-state index contributed by atoms with van der Waals surface area (Å²) in [5.74, 6) is 1.01. The second kappa shape index (κ2) is 7.70. The van der Waals surface area contributed by atoms with Gasteiger partial charge in [-0.05, 0) is 43.6 Å². The van der Waals surface area contributed by atoms with E-state index in [9.17, 15) is 4.79 Å². The molecule has 26 heavy (non-hydrogen) atoms. The Morgan fingerprint density at radius 3 is 2.58 bits per heavy atom. The van der Waals surface area contributed by atoms with Crippen LogP contribution in [-0.2, 0) is 17.9 Å². The zero-order valence-corrected chi connectivity index (χ0v) is 14.7. The molecule has 1 aliphatic rings. The quantitative estimate of drug-likeness (QED) is 0.767. The van der Waals surface area contributed by atoms with Gasteiger partial charge >= 0.3 is 0 Å². The van der Waals surface area contributed by atoms with E-state index >= 15 is 0 Å². The Kier molecular flexibility index (Phi) is 4.97. The average molecular weight is 349 g/mol. The van der Waals surface area contributed by atoms with Gasteiger partial charge in [0, 0.05) is 12.5 Å². The van der Waals surface area contributed by atoms with Gasteiger partial charge in [0.1, 0.15) is 5.52 Å². The number of amides is 1. The molecule has 0 atom stereocenters. The summed E-state index contributed by atoms with van der Waals surface area (Å²) < 4.78 is 5.80. The van der Waals surface area contributed by atoms with E-state index in [0.29, 0.717) is 13.1 Å². The summed E-state index contributed by atoms with van der Waals surface area (Å²) in [6, 6.07) is 17.9. The number of aromatic nitrogens is 1. The number of nitrogens with one attached hydrogen (secondary N) is 1. The molecule has 2 aromatic carbocycles. The van der Waals surface area contributed by atoms with Crippen LogP contribution in [0.1, 0.15) is 24.3 Å². The highest BCUT2D eigenvalue weighted by atomic mass is 16.3. The number of carbonyl (C=O) groups excluding carboxylic acids is 1. The van der Waals surface area contributed by atoms with Crippen molar-refractivity contribution in [3.8, 4) is 0 Å². The second-order valence-electron chi connectivity index (χ2n) is 6.83. The number of piperidine rings is 1. The maximum absolute atomic E-state index is 12.4. The number of hydrogen-bond acceptors (Lipinski definition) is 4. The van der Waals surface area contributed by atoms with Crippen LogP contribution in [0.3, 0.4) is 0 Å². The SMILES string of the molecule is O=C(NCc1ccccc1)C1CCN(Cc2nc3ccccc3o2)CC1. The van der Waals surface area contributed by atoms with Gasteiger partial charge in [-0.1, -0.05) is 42.5 Å². The van der Waals surface area contributed by atoms with Gasteiger partial charge in [0.25, 0.3) is 0 Å². The minimum atomic E-state index is 0.0959. The third-order valence-corrected chi connectivity index (χ3v) is 4.96. The van der Waals surface area contributed by atoms with E-state index in [1.165, 1.54) is 0 Å². The lowest BCUT2D eigenvalue weighted by atomic mass is 9.96. The molecule has 1 N–H and O–H groups in total. The molecule has 0 spiro atoms. The second-order valence-corrected chi connectivity index (χ2v) is 6.83. The van der Waals surface area contributed by atoms with E-state index in [1.54, 1.807) is 0 Å². The van der Waals surface area contributed by atoms with E-state index < -0.39 is 0 Å². The number of para-hydroxylation sites is 2. The lowest BCUT2D eigenvalue weighted by Crippen LogP contribution is -2.40. The minimum Gasteiger partial charge on any atom is -0.439 e. The van der Waals surface area contributed by atoms with Crippen LogP contribution in [0.25, 0.3) is 11.1 Å². The lowest BCUT2D eigenvalue weighted by Gasteiger charge is -2.30. The van der Waals surface area contributed by atoms with Gasteiger partial charge in [-0.2, -0.15) is 0 Å². The zero-order valence-electron chi connectivity index (χ0n) is 14.7. The molecular weight excluding hydrogens is 326 g/mol. The highest BCUT2D eigenvalue weighted by Gasteiger charge is 2.25. The van der Waals surface area contributed by atoms with Gasteiger partial charge in [0.15, 0.2) is 5.58 Å². The monoisotopic (exact) mass is 349 g/mol. The predicted octanol–water partition coefficient (Wildman–Crippen LogP) is 3.36. The molecule has 1 aromatic heterocycles. The predicted molar refractivity (Wildman–Crippen MR) is 100 cm³/mol. The molecule has 1 fully saturated rings. The molecule has 1 aliphatic heterocycles. The van der Waals surface area contributed by atoms with Crippen molar-refractivity contribution < 1.29 is 9.21 Å². The lowest BCUT2D eigenvalue weighted by molar-refractivity contribution is -0.126. The molecule has 0 aliphatic carbocycles. The van der Waals surface area contributed by atoms with Crippen LogP contribution in [0.15, 0.2) is 59.0 Å². The first kappa shape index (κ1) is 16.8. The first-order valence-corrected chi connectivity index (χ1v) is 9.16. The number of oxazole rings is 1. The minimum absolute atomic E-state index is 0.0959. The fourth-order valence-electron chi connectivity index (χ4n) is 3.46. The number of likely N-dealkylation sites (tertiary alicyclic amines) is 1. The Bertz CT molecular complexity index is 834. The molecule has 2 heterocycles. The van der Waals surface area contributed by atoms with Crippen LogP contribution in [0, 0.1) is 5.92 Å². The number of fused-ring (bicyclic) bond motifs is 1. The van der Waals surface area contributed by atoms with Crippen molar-refractivity contribution in [2.75, 3.05) is 13.1 Å². The Morgan fingerprint density at radius 2 is 1.81 bits per heavy atom. The molecule has 5 heteroatoms. The Balaban J connectivity index is 1.26. The summed E-state index contributed by atoms with van der Waals surface area (Å²) in [5.41, 5.74) is 2.87. The number of carbonyl (C=O) groups is 1. The van der Waals surface area contributed by atoms with Crippen molar-refractivity contribution in [2.24, 2.45) is 5.92 Å². The molecule has 1 saturated heterocycles. The normalized spacial score (nSPS) is 16.0. The largest absolute Gasteiger partial charge is 0.439 e. The third-order valence-electron chi connectivity index (χ3n) is 4.96. The summed E-state index contributed by atoms with van der Waals surface area (Å²) in [5, 5.41) is 3.06.